The van der Waals surface area contributed by atoms with Crippen molar-refractivity contribution in [1.29, 1.82) is 0 Å². The van der Waals surface area contributed by atoms with Crippen molar-refractivity contribution in [2.45, 2.75) is 29.2 Å². The van der Waals surface area contributed by atoms with Gasteiger partial charge in [-0.25, -0.2) is 30.8 Å². The van der Waals surface area contributed by atoms with Crippen molar-refractivity contribution in [1.82, 2.24) is 5.32 Å². The number of dihydropyridines is 1. The monoisotopic (exact) mass is 565 g/mol. The lowest BCUT2D eigenvalue weighted by atomic mass is 9.92. The van der Waals surface area contributed by atoms with E-state index in [0.29, 0.717) is 5.41 Å². The molecule has 3 heterocycles. The summed E-state index contributed by atoms with van der Waals surface area (Å²) in [6.45, 7) is 1.38. The second-order valence-corrected chi connectivity index (χ2v) is 12.3. The van der Waals surface area contributed by atoms with Crippen LogP contribution in [0.1, 0.15) is 18.9 Å². The van der Waals surface area contributed by atoms with Crippen LogP contribution in [0.15, 0.2) is 79.5 Å². The Bertz CT molecular complexity index is 1690. The summed E-state index contributed by atoms with van der Waals surface area (Å²) in [6, 6.07) is 8.53. The summed E-state index contributed by atoms with van der Waals surface area (Å²) in [4.78, 5) is 23.6. The Hall–Kier alpha value is -3.48. The molecule has 0 radical (unpaired) electrons. The first-order valence-electron chi connectivity index (χ1n) is 10.8. The van der Waals surface area contributed by atoms with Gasteiger partial charge < -0.3 is 14.8 Å². The molecule has 1 saturated heterocycles. The predicted octanol–water partition coefficient (Wildman–Crippen LogP) is 3.03. The van der Waals surface area contributed by atoms with Crippen LogP contribution in [-0.4, -0.2) is 41.5 Å². The predicted molar refractivity (Wildman–Crippen MR) is 129 cm³/mol. The molecule has 0 spiro atoms. The number of rotatable bonds is 3. The van der Waals surface area contributed by atoms with Gasteiger partial charge in [0.25, 0.3) is 0 Å². The maximum atomic E-state index is 15.3. The van der Waals surface area contributed by atoms with Crippen molar-refractivity contribution >= 4 is 48.8 Å². The first-order chi connectivity index (χ1) is 17.4. The molecule has 3 aliphatic rings. The lowest BCUT2D eigenvalue weighted by Gasteiger charge is -2.27. The van der Waals surface area contributed by atoms with Crippen molar-refractivity contribution in [2.75, 3.05) is 6.61 Å². The second-order valence-electron chi connectivity index (χ2n) is 8.30. The number of cyclic esters (lactones) is 1. The van der Waals surface area contributed by atoms with Crippen LogP contribution in [0.2, 0.25) is 5.02 Å². The molecule has 1 atom stereocenters. The molecule has 9 nitrogen and oxygen atoms in total. The van der Waals surface area contributed by atoms with E-state index in [2.05, 4.69) is 5.32 Å². The van der Waals surface area contributed by atoms with Gasteiger partial charge in [-0.05, 0) is 31.2 Å². The van der Waals surface area contributed by atoms with E-state index in [0.717, 1.165) is 18.2 Å². The first kappa shape index (κ1) is 25.2. The molecule has 0 amide bonds. The first-order valence-corrected chi connectivity index (χ1v) is 14.2. The third-order valence-electron chi connectivity index (χ3n) is 5.96. The minimum Gasteiger partial charge on any atom is -0.463 e. The van der Waals surface area contributed by atoms with Gasteiger partial charge in [0.15, 0.2) is 0 Å². The second kappa shape index (κ2) is 8.82. The Balaban J connectivity index is 1.88. The molecule has 2 aromatic carbocycles. The summed E-state index contributed by atoms with van der Waals surface area (Å²) >= 11 is 6.32. The third kappa shape index (κ3) is 4.05. The van der Waals surface area contributed by atoms with E-state index >= 15 is 4.39 Å². The van der Waals surface area contributed by atoms with Crippen LogP contribution in [0, 0.1) is 5.82 Å². The van der Waals surface area contributed by atoms with Gasteiger partial charge in [-0.2, -0.15) is 0 Å². The molecule has 3 aliphatic heterocycles. The molecule has 37 heavy (non-hydrogen) atoms. The van der Waals surface area contributed by atoms with Crippen LogP contribution in [0.25, 0.3) is 5.57 Å². The number of nitrogens with one attached hydrogen (secondary N) is 1. The number of sulfone groups is 2. The molecule has 5 rings (SSSR count). The van der Waals surface area contributed by atoms with Gasteiger partial charge in [-0.3, -0.25) is 0 Å². The van der Waals surface area contributed by atoms with Crippen molar-refractivity contribution in [3.63, 3.8) is 0 Å². The number of benzene rings is 2. The Morgan fingerprint density at radius 2 is 1.81 bits per heavy atom. The van der Waals surface area contributed by atoms with E-state index in [1.165, 1.54) is 31.2 Å². The van der Waals surface area contributed by atoms with Crippen molar-refractivity contribution in [3.8, 4) is 0 Å². The number of fused-ring (bicyclic) bond motifs is 2. The molecule has 1 fully saturated rings. The average Bonchev–Trinajstić information content (AvgIpc) is 3.19. The van der Waals surface area contributed by atoms with Crippen molar-refractivity contribution in [2.24, 2.45) is 0 Å². The summed E-state index contributed by atoms with van der Waals surface area (Å²) in [5, 5.41) is 3.12. The summed E-state index contributed by atoms with van der Waals surface area (Å²) in [6.07, 6.45) is -1.18. The summed E-state index contributed by atoms with van der Waals surface area (Å²) in [7, 11) is -9.00. The quantitative estimate of drug-likeness (QED) is 0.557. The third-order valence-corrected chi connectivity index (χ3v) is 9.81. The van der Waals surface area contributed by atoms with Crippen LogP contribution in [0.3, 0.4) is 0 Å². The normalized spacial score (nSPS) is 21.8. The molecule has 0 bridgehead atoms. The van der Waals surface area contributed by atoms with E-state index in [-0.39, 0.29) is 23.7 Å². The van der Waals surface area contributed by atoms with E-state index in [1.54, 1.807) is 0 Å². The highest BCUT2D eigenvalue weighted by molar-refractivity contribution is 7.99. The number of esters is 2. The Kier molecular flexibility index (Phi) is 6.00. The number of hydrogen-bond donors (Lipinski definition) is 1. The molecule has 2 aromatic rings. The zero-order valence-corrected chi connectivity index (χ0v) is 21.3. The number of carbonyl (C=O) groups excluding carboxylic acids is 2. The van der Waals surface area contributed by atoms with Gasteiger partial charge in [0.2, 0.25) is 25.8 Å². The molecular formula is C24H17ClFNO8S2. The zero-order valence-electron chi connectivity index (χ0n) is 18.9. The number of allylic oxidation sites excluding steroid dienone is 1. The van der Waals surface area contributed by atoms with Gasteiger partial charge in [0.1, 0.15) is 10.7 Å². The number of halogens is 2. The van der Waals surface area contributed by atoms with Crippen molar-refractivity contribution in [3.05, 3.63) is 86.1 Å². The molecule has 13 heteroatoms. The van der Waals surface area contributed by atoms with Crippen LogP contribution in [0.4, 0.5) is 4.39 Å². The molecule has 0 aromatic heterocycles. The molecule has 0 aliphatic carbocycles. The van der Waals surface area contributed by atoms with Gasteiger partial charge in [-0.15, -0.1) is 0 Å². The van der Waals surface area contributed by atoms with Crippen LogP contribution in [-0.2, 0) is 38.7 Å². The summed E-state index contributed by atoms with van der Waals surface area (Å²) in [5.74, 6) is -2.90. The topological polar surface area (TPSA) is 133 Å². The lowest BCUT2D eigenvalue weighted by molar-refractivity contribution is -0.157. The molecule has 0 saturated carbocycles. The van der Waals surface area contributed by atoms with E-state index < -0.39 is 80.6 Å². The smallest absolute Gasteiger partial charge is 0.347 e. The van der Waals surface area contributed by atoms with Crippen LogP contribution < -0.4 is 5.32 Å². The molecule has 1 N–H and O–H groups in total. The Labute approximate surface area is 216 Å². The number of hydrogen-bond acceptors (Lipinski definition) is 9. The SMILES string of the molecule is CC1=C(C(=O)OC2CCOC2=O)C(c2c(F)cccc2Cl)=C2C(=CS(=O)(=O)c3ccccc3S2(=O)=O)N1. The zero-order chi connectivity index (χ0) is 26.7. The summed E-state index contributed by atoms with van der Waals surface area (Å²) in [5.41, 5.74) is -1.82. The molecular weight excluding hydrogens is 549 g/mol. The van der Waals surface area contributed by atoms with Crippen LogP contribution >= 0.6 is 11.6 Å². The maximum absolute atomic E-state index is 15.3. The van der Waals surface area contributed by atoms with Gasteiger partial charge in [-0.1, -0.05) is 29.8 Å². The van der Waals surface area contributed by atoms with E-state index in [1.807, 2.05) is 0 Å². The highest BCUT2D eigenvalue weighted by atomic mass is 35.5. The summed E-state index contributed by atoms with van der Waals surface area (Å²) < 4.78 is 79.7. The average molecular weight is 566 g/mol. The van der Waals surface area contributed by atoms with E-state index in [9.17, 15) is 26.4 Å². The van der Waals surface area contributed by atoms with Gasteiger partial charge >= 0.3 is 11.9 Å². The maximum Gasteiger partial charge on any atom is 0.347 e. The largest absolute Gasteiger partial charge is 0.463 e. The Morgan fingerprint density at radius 1 is 1.11 bits per heavy atom. The van der Waals surface area contributed by atoms with E-state index in [4.69, 9.17) is 21.1 Å². The van der Waals surface area contributed by atoms with Gasteiger partial charge in [0.05, 0.1) is 38.1 Å². The number of ether oxygens (including phenoxy) is 2. The minimum absolute atomic E-state index is 0.0239. The highest BCUT2D eigenvalue weighted by Crippen LogP contribution is 2.46. The fourth-order valence-corrected chi connectivity index (χ4v) is 8.28. The molecule has 192 valence electrons. The number of carbonyl (C=O) groups is 2. The minimum atomic E-state index is -4.70. The Morgan fingerprint density at radius 3 is 2.46 bits per heavy atom. The lowest BCUT2D eigenvalue weighted by Crippen LogP contribution is -2.31. The fourth-order valence-electron chi connectivity index (χ4n) is 4.36. The highest BCUT2D eigenvalue weighted by Gasteiger charge is 2.44. The van der Waals surface area contributed by atoms with Crippen molar-refractivity contribution < 1.29 is 40.3 Å². The fraction of sp³-hybridized carbons (Fsp3) is 0.167. The van der Waals surface area contributed by atoms with Crippen LogP contribution in [0.5, 0.6) is 0 Å². The standard InChI is InChI=1S/C24H17ClFNO8S2/c1-12-19(24(29)35-16-9-10-34-23(16)28)21(20-13(25)5-4-6-14(20)26)22-15(27-12)11-36(30,31)17-7-2-3-8-18(17)37(22,32)33/h2-8,11,16,27H,9-10H2,1H3. The molecule has 1 unspecified atom stereocenters. The van der Waals surface area contributed by atoms with Gasteiger partial charge in [0, 0.05) is 23.3 Å².